The number of aromatic hydroxyl groups is 1. The van der Waals surface area contributed by atoms with E-state index >= 15 is 0 Å². The summed E-state index contributed by atoms with van der Waals surface area (Å²) in [5.41, 5.74) is 8.66. The van der Waals surface area contributed by atoms with Crippen LogP contribution in [-0.2, 0) is 0 Å². The van der Waals surface area contributed by atoms with Crippen molar-refractivity contribution in [3.63, 3.8) is 0 Å². The average molecular weight is 285 g/mol. The van der Waals surface area contributed by atoms with Gasteiger partial charge >= 0.3 is 0 Å². The Kier molecular flexibility index (Phi) is 2.76. The van der Waals surface area contributed by atoms with Crippen molar-refractivity contribution in [3.8, 4) is 16.9 Å². The topological polar surface area (TPSA) is 46.2 Å². The van der Waals surface area contributed by atoms with Crippen molar-refractivity contribution in [2.45, 2.75) is 0 Å². The van der Waals surface area contributed by atoms with Crippen LogP contribution in [0.4, 0.5) is 5.69 Å². The van der Waals surface area contributed by atoms with Crippen LogP contribution >= 0.6 is 0 Å². The minimum Gasteiger partial charge on any atom is -0.507 e. The maximum absolute atomic E-state index is 10.5. The van der Waals surface area contributed by atoms with Crippen LogP contribution in [0.2, 0.25) is 0 Å². The maximum atomic E-state index is 10.5. The number of nitrogen functional groups attached to an aromatic ring is 1. The molecule has 4 rings (SSSR count). The second-order valence-electron chi connectivity index (χ2n) is 5.47. The highest BCUT2D eigenvalue weighted by molar-refractivity contribution is 6.06. The smallest absolute Gasteiger partial charge is 0.124 e. The third kappa shape index (κ3) is 1.89. The van der Waals surface area contributed by atoms with E-state index in [9.17, 15) is 5.11 Å². The summed E-state index contributed by atoms with van der Waals surface area (Å²) in [5.74, 6) is 0.273. The van der Waals surface area contributed by atoms with Crippen molar-refractivity contribution in [2.75, 3.05) is 5.73 Å². The Morgan fingerprint density at radius 2 is 1.27 bits per heavy atom. The van der Waals surface area contributed by atoms with Gasteiger partial charge in [-0.05, 0) is 39.9 Å². The first kappa shape index (κ1) is 12.7. The Balaban J connectivity index is 2.09. The first-order valence-electron chi connectivity index (χ1n) is 7.23. The van der Waals surface area contributed by atoms with E-state index in [0.717, 1.165) is 38.4 Å². The van der Waals surface area contributed by atoms with Crippen LogP contribution in [-0.4, -0.2) is 5.11 Å². The molecule has 3 N–H and O–H groups in total. The number of hydrogen-bond acceptors (Lipinski definition) is 2. The summed E-state index contributed by atoms with van der Waals surface area (Å²) >= 11 is 0. The fourth-order valence-corrected chi connectivity index (χ4v) is 3.04. The molecule has 4 aromatic rings. The molecule has 0 bridgehead atoms. The lowest BCUT2D eigenvalue weighted by Crippen LogP contribution is -1.90. The van der Waals surface area contributed by atoms with Crippen molar-refractivity contribution in [2.24, 2.45) is 0 Å². The van der Waals surface area contributed by atoms with Crippen molar-refractivity contribution in [1.29, 1.82) is 0 Å². The maximum Gasteiger partial charge on any atom is 0.124 e. The number of benzene rings is 4. The number of phenolic OH excluding ortho intramolecular Hbond substituents is 1. The number of hydrogen-bond donors (Lipinski definition) is 2. The molecule has 0 atom stereocenters. The molecule has 0 fully saturated rings. The van der Waals surface area contributed by atoms with Crippen LogP contribution in [0, 0.1) is 0 Å². The molecule has 106 valence electrons. The summed E-state index contributed by atoms with van der Waals surface area (Å²) in [6, 6.07) is 23.7. The summed E-state index contributed by atoms with van der Waals surface area (Å²) in [4.78, 5) is 0. The van der Waals surface area contributed by atoms with E-state index in [2.05, 4.69) is 0 Å². The number of phenols is 1. The average Bonchev–Trinajstić information content (AvgIpc) is 2.54. The minimum absolute atomic E-state index is 0.273. The quantitative estimate of drug-likeness (QED) is 0.486. The molecule has 0 unspecified atom stereocenters. The normalized spacial score (nSPS) is 11.1. The van der Waals surface area contributed by atoms with Gasteiger partial charge in [0.1, 0.15) is 5.75 Å². The molecule has 0 amide bonds. The molecule has 4 aromatic carbocycles. The molecule has 22 heavy (non-hydrogen) atoms. The van der Waals surface area contributed by atoms with E-state index in [4.69, 9.17) is 5.73 Å². The molecule has 0 aromatic heterocycles. The summed E-state index contributed by atoms with van der Waals surface area (Å²) in [5, 5.41) is 14.7. The highest BCUT2D eigenvalue weighted by atomic mass is 16.3. The minimum atomic E-state index is 0.273. The van der Waals surface area contributed by atoms with Gasteiger partial charge in [-0.2, -0.15) is 0 Å². The Morgan fingerprint density at radius 1 is 0.636 bits per heavy atom. The molecule has 2 nitrogen and oxygen atoms in total. The summed E-state index contributed by atoms with van der Waals surface area (Å²) < 4.78 is 0. The molecular weight excluding hydrogens is 270 g/mol. The van der Waals surface area contributed by atoms with Gasteiger partial charge in [0, 0.05) is 16.6 Å². The van der Waals surface area contributed by atoms with Crippen LogP contribution in [0.3, 0.4) is 0 Å². The van der Waals surface area contributed by atoms with Crippen LogP contribution < -0.4 is 5.73 Å². The highest BCUT2D eigenvalue weighted by Crippen LogP contribution is 2.39. The zero-order chi connectivity index (χ0) is 15.1. The lowest BCUT2D eigenvalue weighted by molar-refractivity contribution is 0.478. The third-order valence-corrected chi connectivity index (χ3v) is 4.09. The lowest BCUT2D eigenvalue weighted by atomic mass is 9.94. The Morgan fingerprint density at radius 3 is 2.05 bits per heavy atom. The van der Waals surface area contributed by atoms with E-state index < -0.39 is 0 Å². The van der Waals surface area contributed by atoms with Gasteiger partial charge in [-0.1, -0.05) is 54.6 Å². The van der Waals surface area contributed by atoms with E-state index in [-0.39, 0.29) is 5.75 Å². The zero-order valence-electron chi connectivity index (χ0n) is 12.0. The number of fused-ring (bicyclic) bond motifs is 2. The summed E-state index contributed by atoms with van der Waals surface area (Å²) in [7, 11) is 0. The molecular formula is C20H15NO. The zero-order valence-corrected chi connectivity index (χ0v) is 12.0. The van der Waals surface area contributed by atoms with Gasteiger partial charge in [0.15, 0.2) is 0 Å². The molecule has 0 aliphatic carbocycles. The summed E-state index contributed by atoms with van der Waals surface area (Å²) in [6.45, 7) is 0. The fraction of sp³-hybridized carbons (Fsp3) is 0. The molecule has 0 aliphatic heterocycles. The van der Waals surface area contributed by atoms with Crippen molar-refractivity contribution >= 4 is 27.2 Å². The van der Waals surface area contributed by atoms with E-state index in [0.29, 0.717) is 0 Å². The second-order valence-corrected chi connectivity index (χ2v) is 5.47. The van der Waals surface area contributed by atoms with E-state index in [1.54, 1.807) is 0 Å². The van der Waals surface area contributed by atoms with Crippen molar-refractivity contribution < 1.29 is 5.11 Å². The monoisotopic (exact) mass is 285 g/mol. The SMILES string of the molecule is Nc1cccc2cccc(-c3cc4ccccc4cc3O)c12. The predicted molar refractivity (Wildman–Crippen MR) is 93.0 cm³/mol. The van der Waals surface area contributed by atoms with Gasteiger partial charge in [0.05, 0.1) is 0 Å². The number of nitrogens with two attached hydrogens (primary N) is 1. The first-order valence-corrected chi connectivity index (χ1v) is 7.23. The number of anilines is 1. The van der Waals surface area contributed by atoms with Crippen molar-refractivity contribution in [3.05, 3.63) is 72.8 Å². The van der Waals surface area contributed by atoms with Crippen LogP contribution in [0.1, 0.15) is 0 Å². The van der Waals surface area contributed by atoms with Crippen LogP contribution in [0.5, 0.6) is 5.75 Å². The fourth-order valence-electron chi connectivity index (χ4n) is 3.04. The second kappa shape index (κ2) is 4.78. The predicted octanol–water partition coefficient (Wildman–Crippen LogP) is 4.95. The standard InChI is InChI=1S/C20H15NO/c21-18-10-4-8-13-7-3-9-16(20(13)18)17-11-14-5-1-2-6-15(14)12-19(17)22/h1-12,22H,21H2. The highest BCUT2D eigenvalue weighted by Gasteiger charge is 2.11. The lowest BCUT2D eigenvalue weighted by Gasteiger charge is -2.12. The Bertz CT molecular complexity index is 1000. The molecule has 0 saturated carbocycles. The van der Waals surface area contributed by atoms with Gasteiger partial charge in [0.2, 0.25) is 0 Å². The van der Waals surface area contributed by atoms with Crippen LogP contribution in [0.15, 0.2) is 72.8 Å². The molecule has 0 heterocycles. The van der Waals surface area contributed by atoms with Gasteiger partial charge in [-0.25, -0.2) is 0 Å². The molecule has 0 spiro atoms. The Hall–Kier alpha value is -3.00. The van der Waals surface area contributed by atoms with Gasteiger partial charge in [-0.15, -0.1) is 0 Å². The third-order valence-electron chi connectivity index (χ3n) is 4.09. The summed E-state index contributed by atoms with van der Waals surface area (Å²) in [6.07, 6.45) is 0. The molecule has 2 heteroatoms. The molecule has 0 saturated heterocycles. The van der Waals surface area contributed by atoms with Gasteiger partial charge in [0.25, 0.3) is 0 Å². The number of rotatable bonds is 1. The van der Waals surface area contributed by atoms with E-state index in [1.807, 2.05) is 72.8 Å². The largest absolute Gasteiger partial charge is 0.507 e. The molecule has 0 radical (unpaired) electrons. The first-order chi connectivity index (χ1) is 10.7. The molecule has 0 aliphatic rings. The van der Waals surface area contributed by atoms with Gasteiger partial charge in [-0.3, -0.25) is 0 Å². The Labute approximate surface area is 128 Å². The van der Waals surface area contributed by atoms with E-state index in [1.165, 1.54) is 0 Å². The van der Waals surface area contributed by atoms with Crippen LogP contribution in [0.25, 0.3) is 32.7 Å². The van der Waals surface area contributed by atoms with Crippen molar-refractivity contribution in [1.82, 2.24) is 0 Å². The van der Waals surface area contributed by atoms with Gasteiger partial charge < -0.3 is 10.8 Å².